The van der Waals surface area contributed by atoms with Crippen LogP contribution in [0.1, 0.15) is 11.1 Å². The lowest BCUT2D eigenvalue weighted by molar-refractivity contribution is 0.226. The van der Waals surface area contributed by atoms with Gasteiger partial charge in [-0.05, 0) is 49.2 Å². The number of amides is 4. The Bertz CT molecular complexity index is 874. The summed E-state index contributed by atoms with van der Waals surface area (Å²) in [6, 6.07) is 8.72. The van der Waals surface area contributed by atoms with Gasteiger partial charge >= 0.3 is 12.1 Å². The molecule has 4 amide bonds. The van der Waals surface area contributed by atoms with Gasteiger partial charge in [0.15, 0.2) is 11.4 Å². The third-order valence-electron chi connectivity index (χ3n) is 3.91. The van der Waals surface area contributed by atoms with Crippen LogP contribution in [0, 0.1) is 27.0 Å². The van der Waals surface area contributed by atoms with Crippen molar-refractivity contribution < 1.29 is 9.59 Å². The highest BCUT2D eigenvalue weighted by Crippen LogP contribution is 2.35. The summed E-state index contributed by atoms with van der Waals surface area (Å²) in [5.74, 6) is 0. The van der Waals surface area contributed by atoms with Crippen molar-refractivity contribution in [2.75, 3.05) is 9.80 Å². The monoisotopic (exact) mass is 316 g/mol. The number of carbonyl (C=O) groups is 2. The fraction of sp³-hybridized carbons (Fsp3) is 0.111. The molecular weight excluding hydrogens is 304 g/mol. The van der Waals surface area contributed by atoms with E-state index in [1.807, 2.05) is 0 Å². The summed E-state index contributed by atoms with van der Waals surface area (Å²) in [7, 11) is 0. The zero-order chi connectivity index (χ0) is 17.4. The minimum absolute atomic E-state index is 0.371. The number of carbonyl (C=O) groups excluding carboxylic acids is 2. The van der Waals surface area contributed by atoms with Crippen molar-refractivity contribution in [2.45, 2.75) is 13.8 Å². The molecular formula is C18H12N4O2. The maximum atomic E-state index is 12.4. The summed E-state index contributed by atoms with van der Waals surface area (Å²) >= 11 is 0. The van der Waals surface area contributed by atoms with Crippen molar-refractivity contribution in [1.82, 2.24) is 0 Å². The number of rotatable bonds is 2. The normalized spacial score (nSPS) is 13.3. The number of hydrogen-bond acceptors (Lipinski definition) is 2. The van der Waals surface area contributed by atoms with Gasteiger partial charge in [-0.25, -0.2) is 29.1 Å². The molecule has 1 aliphatic rings. The summed E-state index contributed by atoms with van der Waals surface area (Å²) in [5, 5.41) is 0. The van der Waals surface area contributed by atoms with Gasteiger partial charge in [-0.15, -0.1) is 0 Å². The molecule has 1 saturated heterocycles. The fourth-order valence-corrected chi connectivity index (χ4v) is 2.48. The van der Waals surface area contributed by atoms with Gasteiger partial charge in [-0.1, -0.05) is 12.1 Å². The molecule has 116 valence electrons. The first-order valence-corrected chi connectivity index (χ1v) is 7.12. The van der Waals surface area contributed by atoms with Gasteiger partial charge in [-0.3, -0.25) is 0 Å². The first-order valence-electron chi connectivity index (χ1n) is 7.12. The zero-order valence-electron chi connectivity index (χ0n) is 13.1. The number of imide groups is 2. The van der Waals surface area contributed by atoms with E-state index in [1.54, 1.807) is 38.1 Å². The maximum absolute atomic E-state index is 12.4. The van der Waals surface area contributed by atoms with Crippen molar-refractivity contribution >= 4 is 34.8 Å². The number of urea groups is 2. The van der Waals surface area contributed by atoms with Crippen molar-refractivity contribution in [1.29, 1.82) is 0 Å². The predicted octanol–water partition coefficient (Wildman–Crippen LogP) is 4.97. The second-order valence-electron chi connectivity index (χ2n) is 5.40. The van der Waals surface area contributed by atoms with E-state index in [-0.39, 0.29) is 0 Å². The second kappa shape index (κ2) is 5.53. The molecule has 0 aliphatic carbocycles. The molecule has 2 aromatic carbocycles. The molecule has 1 heterocycles. The first-order chi connectivity index (χ1) is 11.5. The number of nitrogens with zero attached hydrogens (tertiary/aromatic N) is 4. The molecule has 0 saturated carbocycles. The van der Waals surface area contributed by atoms with Crippen molar-refractivity contribution in [3.63, 3.8) is 0 Å². The molecule has 6 heteroatoms. The van der Waals surface area contributed by atoms with Crippen LogP contribution >= 0.6 is 0 Å². The Kier molecular flexibility index (Phi) is 3.52. The SMILES string of the molecule is [C-]#[N+]c1cc(N2C(=O)N(c3ccc(C)c([N+]#[C-])c3)C2=O)ccc1C. The lowest BCUT2D eigenvalue weighted by atomic mass is 10.1. The second-order valence-corrected chi connectivity index (χ2v) is 5.40. The summed E-state index contributed by atoms with van der Waals surface area (Å²) in [6.07, 6.45) is 0. The molecule has 0 unspecified atom stereocenters. The Morgan fingerprint density at radius 2 is 1.12 bits per heavy atom. The van der Waals surface area contributed by atoms with E-state index < -0.39 is 12.1 Å². The van der Waals surface area contributed by atoms with Crippen molar-refractivity contribution in [2.24, 2.45) is 0 Å². The molecule has 0 bridgehead atoms. The standard InChI is InChI=1S/C18H12N4O2/c1-11-5-7-13(9-15(11)19-3)21-17(23)22(18(21)24)14-8-6-12(2)16(10-14)20-4/h5-10H,1-2H3. The van der Waals surface area contributed by atoms with Gasteiger partial charge in [0, 0.05) is 11.4 Å². The molecule has 0 aromatic heterocycles. The molecule has 0 N–H and O–H groups in total. The molecule has 0 radical (unpaired) electrons. The number of benzene rings is 2. The quantitative estimate of drug-likeness (QED) is 0.734. The van der Waals surface area contributed by atoms with Gasteiger partial charge in [0.25, 0.3) is 0 Å². The number of hydrogen-bond donors (Lipinski definition) is 0. The van der Waals surface area contributed by atoms with Gasteiger partial charge in [0.05, 0.1) is 13.1 Å². The Hall–Kier alpha value is -3.64. The lowest BCUT2D eigenvalue weighted by Crippen LogP contribution is -2.64. The number of anilines is 2. The Balaban J connectivity index is 1.93. The predicted molar refractivity (Wildman–Crippen MR) is 90.6 cm³/mol. The van der Waals surface area contributed by atoms with E-state index in [4.69, 9.17) is 13.1 Å². The van der Waals surface area contributed by atoms with Gasteiger partial charge in [0.1, 0.15) is 0 Å². The Morgan fingerprint density at radius 3 is 1.46 bits per heavy atom. The van der Waals surface area contributed by atoms with E-state index >= 15 is 0 Å². The Labute approximate surface area is 139 Å². The topological polar surface area (TPSA) is 49.3 Å². The van der Waals surface area contributed by atoms with Gasteiger partial charge in [0.2, 0.25) is 0 Å². The van der Waals surface area contributed by atoms with E-state index in [1.165, 1.54) is 12.1 Å². The van der Waals surface area contributed by atoms with E-state index in [0.29, 0.717) is 22.7 Å². The molecule has 3 rings (SSSR count). The van der Waals surface area contributed by atoms with Gasteiger partial charge < -0.3 is 0 Å². The molecule has 0 spiro atoms. The average Bonchev–Trinajstić information content (AvgIpc) is 2.58. The Morgan fingerprint density at radius 1 is 0.750 bits per heavy atom. The highest BCUT2D eigenvalue weighted by molar-refractivity contribution is 6.41. The maximum Gasteiger partial charge on any atom is 0.345 e. The van der Waals surface area contributed by atoms with E-state index in [9.17, 15) is 9.59 Å². The molecule has 1 aliphatic heterocycles. The van der Waals surface area contributed by atoms with Crippen molar-refractivity contribution in [3.05, 3.63) is 70.4 Å². The molecule has 24 heavy (non-hydrogen) atoms. The van der Waals surface area contributed by atoms with Crippen LogP contribution in [0.2, 0.25) is 0 Å². The minimum atomic E-state index is -0.500. The minimum Gasteiger partial charge on any atom is -0.246 e. The summed E-state index contributed by atoms with van der Waals surface area (Å²) in [6.45, 7) is 17.9. The van der Waals surface area contributed by atoms with Crippen LogP contribution in [0.5, 0.6) is 0 Å². The molecule has 2 aromatic rings. The summed E-state index contributed by atoms with van der Waals surface area (Å²) in [4.78, 5) is 33.6. The largest absolute Gasteiger partial charge is 0.345 e. The van der Waals surface area contributed by atoms with E-state index in [2.05, 4.69) is 9.69 Å². The third-order valence-corrected chi connectivity index (χ3v) is 3.91. The van der Waals surface area contributed by atoms with Crippen LogP contribution < -0.4 is 9.80 Å². The summed E-state index contributed by atoms with van der Waals surface area (Å²) in [5.41, 5.74) is 3.11. The molecule has 0 atom stereocenters. The highest BCUT2D eigenvalue weighted by Gasteiger charge is 2.45. The van der Waals surface area contributed by atoms with E-state index in [0.717, 1.165) is 20.9 Å². The zero-order valence-corrected chi connectivity index (χ0v) is 13.1. The van der Waals surface area contributed by atoms with Crippen LogP contribution in [-0.4, -0.2) is 12.1 Å². The van der Waals surface area contributed by atoms with Gasteiger partial charge in [-0.2, -0.15) is 0 Å². The molecule has 6 nitrogen and oxygen atoms in total. The van der Waals surface area contributed by atoms with Crippen LogP contribution in [-0.2, 0) is 0 Å². The molecule has 1 fully saturated rings. The smallest absolute Gasteiger partial charge is 0.246 e. The van der Waals surface area contributed by atoms with Crippen LogP contribution in [0.3, 0.4) is 0 Å². The van der Waals surface area contributed by atoms with Crippen molar-refractivity contribution in [3.8, 4) is 0 Å². The lowest BCUT2D eigenvalue weighted by Gasteiger charge is -2.39. The van der Waals surface area contributed by atoms with Crippen LogP contribution in [0.25, 0.3) is 9.69 Å². The fourth-order valence-electron chi connectivity index (χ4n) is 2.48. The van der Waals surface area contributed by atoms with Crippen LogP contribution in [0.4, 0.5) is 32.3 Å². The first kappa shape index (κ1) is 15.3. The average molecular weight is 316 g/mol. The summed E-state index contributed by atoms with van der Waals surface area (Å²) < 4.78 is 0. The highest BCUT2D eigenvalue weighted by atomic mass is 16.2. The third kappa shape index (κ3) is 2.18. The van der Waals surface area contributed by atoms with Crippen LogP contribution in [0.15, 0.2) is 36.4 Å². The number of aryl methyl sites for hydroxylation is 2.